The molecule has 0 heterocycles. The van der Waals surface area contributed by atoms with Gasteiger partial charge in [-0.1, -0.05) is 30.3 Å². The number of hydrogen-bond donors (Lipinski definition) is 0. The van der Waals surface area contributed by atoms with Crippen molar-refractivity contribution in [1.29, 1.82) is 0 Å². The maximum absolute atomic E-state index is 11.7. The highest BCUT2D eigenvalue weighted by Crippen LogP contribution is 2.23. The summed E-state index contributed by atoms with van der Waals surface area (Å²) in [6, 6.07) is 7.17. The molecule has 0 amide bonds. The fourth-order valence-corrected chi connectivity index (χ4v) is 1.74. The number of hydrogen-bond acceptors (Lipinski definition) is 4. The van der Waals surface area contributed by atoms with Crippen molar-refractivity contribution >= 4 is 11.9 Å². The van der Waals surface area contributed by atoms with Gasteiger partial charge in [-0.05, 0) is 17.5 Å². The summed E-state index contributed by atoms with van der Waals surface area (Å²) in [4.78, 5) is 23.4. The summed E-state index contributed by atoms with van der Waals surface area (Å²) < 4.78 is 9.31. The molecule has 1 aromatic carbocycles. The number of methoxy groups -OCH3 is 2. The van der Waals surface area contributed by atoms with E-state index in [-0.39, 0.29) is 0 Å². The summed E-state index contributed by atoms with van der Waals surface area (Å²) in [5.74, 6) is -2.30. The predicted octanol–water partition coefficient (Wildman–Crippen LogP) is 1.84. The molecular weight excluding hydrogens is 232 g/mol. The minimum Gasteiger partial charge on any atom is -0.468 e. The molecule has 96 valence electrons. The van der Waals surface area contributed by atoms with E-state index in [1.807, 2.05) is 12.1 Å². The zero-order chi connectivity index (χ0) is 13.5. The highest BCUT2D eigenvalue weighted by molar-refractivity contribution is 6.01. The van der Waals surface area contributed by atoms with E-state index in [0.29, 0.717) is 12.0 Å². The van der Waals surface area contributed by atoms with Crippen molar-refractivity contribution in [2.45, 2.75) is 12.3 Å². The van der Waals surface area contributed by atoms with Crippen molar-refractivity contribution in [3.05, 3.63) is 48.0 Å². The van der Waals surface area contributed by atoms with E-state index >= 15 is 0 Å². The number of rotatable bonds is 5. The third kappa shape index (κ3) is 2.97. The summed E-state index contributed by atoms with van der Waals surface area (Å²) >= 11 is 0. The first kappa shape index (κ1) is 14.0. The summed E-state index contributed by atoms with van der Waals surface area (Å²) in [7, 11) is 2.49. The lowest BCUT2D eigenvalue weighted by molar-refractivity contribution is -0.154. The van der Waals surface area contributed by atoms with Gasteiger partial charge in [0.25, 0.3) is 0 Å². The lowest BCUT2D eigenvalue weighted by Gasteiger charge is -2.15. The summed E-state index contributed by atoms with van der Waals surface area (Å²) in [5, 5.41) is 0. The van der Waals surface area contributed by atoms with Crippen LogP contribution in [0.25, 0.3) is 0 Å². The quantitative estimate of drug-likeness (QED) is 0.453. The Hall–Kier alpha value is -2.10. The Morgan fingerprint density at radius 1 is 1.22 bits per heavy atom. The molecule has 1 aromatic rings. The molecule has 4 nitrogen and oxygen atoms in total. The van der Waals surface area contributed by atoms with E-state index < -0.39 is 17.9 Å². The Balaban J connectivity index is 3.24. The van der Waals surface area contributed by atoms with Gasteiger partial charge in [-0.2, -0.15) is 0 Å². The van der Waals surface area contributed by atoms with Crippen LogP contribution in [0.15, 0.2) is 36.9 Å². The molecule has 4 heteroatoms. The molecule has 18 heavy (non-hydrogen) atoms. The zero-order valence-electron chi connectivity index (χ0n) is 10.5. The molecule has 0 aromatic heterocycles. The van der Waals surface area contributed by atoms with Crippen LogP contribution in [0.4, 0.5) is 0 Å². The van der Waals surface area contributed by atoms with Crippen LogP contribution in [0.1, 0.15) is 17.0 Å². The van der Waals surface area contributed by atoms with E-state index in [4.69, 9.17) is 0 Å². The molecule has 1 rings (SSSR count). The monoisotopic (exact) mass is 248 g/mol. The largest absolute Gasteiger partial charge is 0.468 e. The van der Waals surface area contributed by atoms with Gasteiger partial charge in [0.1, 0.15) is 0 Å². The van der Waals surface area contributed by atoms with Crippen molar-refractivity contribution in [2.24, 2.45) is 0 Å². The molecule has 0 aliphatic heterocycles. The molecule has 0 saturated heterocycles. The van der Waals surface area contributed by atoms with Crippen molar-refractivity contribution < 1.29 is 19.1 Å². The highest BCUT2D eigenvalue weighted by Gasteiger charge is 2.31. The van der Waals surface area contributed by atoms with Gasteiger partial charge in [-0.15, -0.1) is 6.58 Å². The van der Waals surface area contributed by atoms with Crippen LogP contribution in [0.3, 0.4) is 0 Å². The third-order valence-electron chi connectivity index (χ3n) is 2.60. The molecule has 0 unspecified atom stereocenters. The van der Waals surface area contributed by atoms with Gasteiger partial charge in [0.05, 0.1) is 14.2 Å². The van der Waals surface area contributed by atoms with Gasteiger partial charge in [0.2, 0.25) is 0 Å². The van der Waals surface area contributed by atoms with Gasteiger partial charge in [0.15, 0.2) is 5.92 Å². The van der Waals surface area contributed by atoms with E-state index in [0.717, 1.165) is 5.56 Å². The first-order valence-corrected chi connectivity index (χ1v) is 5.50. The van der Waals surface area contributed by atoms with Crippen molar-refractivity contribution in [3.8, 4) is 0 Å². The third-order valence-corrected chi connectivity index (χ3v) is 2.60. The van der Waals surface area contributed by atoms with Gasteiger partial charge in [-0.25, -0.2) is 0 Å². The maximum atomic E-state index is 11.7. The molecule has 0 spiro atoms. The van der Waals surface area contributed by atoms with E-state index in [2.05, 4.69) is 16.1 Å². The second-order valence-corrected chi connectivity index (χ2v) is 3.67. The average molecular weight is 248 g/mol. The fourth-order valence-electron chi connectivity index (χ4n) is 1.74. The number of carbonyl (C=O) groups is 2. The molecular formula is C14H16O4. The van der Waals surface area contributed by atoms with E-state index in [1.165, 1.54) is 14.2 Å². The smallest absolute Gasteiger partial charge is 0.324 e. The SMILES string of the molecule is C=CCc1ccccc1C(C(=O)OC)C(=O)OC. The molecule has 0 atom stereocenters. The molecule has 0 radical (unpaired) electrons. The van der Waals surface area contributed by atoms with E-state index in [1.54, 1.807) is 18.2 Å². The lowest BCUT2D eigenvalue weighted by atomic mass is 9.92. The van der Waals surface area contributed by atoms with Crippen LogP contribution in [0.5, 0.6) is 0 Å². The first-order chi connectivity index (χ1) is 8.65. The minimum atomic E-state index is -1.05. The normalized spacial score (nSPS) is 9.94. The maximum Gasteiger partial charge on any atom is 0.324 e. The summed E-state index contributed by atoms with van der Waals surface area (Å²) in [6.07, 6.45) is 2.28. The molecule has 0 aliphatic carbocycles. The number of carbonyl (C=O) groups excluding carboxylic acids is 2. The van der Waals surface area contributed by atoms with Gasteiger partial charge in [0, 0.05) is 0 Å². The Labute approximate surface area is 106 Å². The van der Waals surface area contributed by atoms with Crippen LogP contribution in [0, 0.1) is 0 Å². The van der Waals surface area contributed by atoms with Gasteiger partial charge < -0.3 is 9.47 Å². The number of ether oxygens (including phenoxy) is 2. The van der Waals surface area contributed by atoms with Crippen LogP contribution < -0.4 is 0 Å². The molecule has 0 aliphatic rings. The fraction of sp³-hybridized carbons (Fsp3) is 0.286. The highest BCUT2D eigenvalue weighted by atomic mass is 16.5. The zero-order valence-corrected chi connectivity index (χ0v) is 10.5. The Bertz CT molecular complexity index is 435. The van der Waals surface area contributed by atoms with E-state index in [9.17, 15) is 9.59 Å². The Morgan fingerprint density at radius 2 is 1.78 bits per heavy atom. The summed E-state index contributed by atoms with van der Waals surface area (Å²) in [5.41, 5.74) is 1.45. The topological polar surface area (TPSA) is 52.6 Å². The van der Waals surface area contributed by atoms with Crippen LogP contribution in [-0.2, 0) is 25.5 Å². The Kier molecular flexibility index (Phi) is 5.11. The average Bonchev–Trinajstić information content (AvgIpc) is 2.40. The molecule has 0 bridgehead atoms. The number of benzene rings is 1. The van der Waals surface area contributed by atoms with Crippen LogP contribution >= 0.6 is 0 Å². The minimum absolute atomic E-state index is 0.570. The summed E-state index contributed by atoms with van der Waals surface area (Å²) in [6.45, 7) is 3.65. The molecule has 0 N–H and O–H groups in total. The van der Waals surface area contributed by atoms with Crippen molar-refractivity contribution in [3.63, 3.8) is 0 Å². The lowest BCUT2D eigenvalue weighted by Crippen LogP contribution is -2.25. The molecule has 0 fully saturated rings. The second kappa shape index (κ2) is 6.59. The van der Waals surface area contributed by atoms with Crippen molar-refractivity contribution in [1.82, 2.24) is 0 Å². The Morgan fingerprint density at radius 3 is 2.28 bits per heavy atom. The van der Waals surface area contributed by atoms with Crippen LogP contribution in [0.2, 0.25) is 0 Å². The molecule has 0 saturated carbocycles. The first-order valence-electron chi connectivity index (χ1n) is 5.50. The number of esters is 2. The van der Waals surface area contributed by atoms with Gasteiger partial charge in [-0.3, -0.25) is 9.59 Å². The van der Waals surface area contributed by atoms with Crippen molar-refractivity contribution in [2.75, 3.05) is 14.2 Å². The number of allylic oxidation sites excluding steroid dienone is 1. The predicted molar refractivity (Wildman–Crippen MR) is 67.1 cm³/mol. The van der Waals surface area contributed by atoms with Crippen LogP contribution in [-0.4, -0.2) is 26.2 Å². The van der Waals surface area contributed by atoms with Gasteiger partial charge >= 0.3 is 11.9 Å². The second-order valence-electron chi connectivity index (χ2n) is 3.67. The standard InChI is InChI=1S/C14H16O4/c1-4-7-10-8-5-6-9-11(10)12(13(15)17-2)14(16)18-3/h4-6,8-9,12H,1,7H2,2-3H3.